The molecule has 0 aliphatic heterocycles. The second-order valence-electron chi connectivity index (χ2n) is 13.8. The SMILES string of the molecule is C1CC2CC[C-]1C2.C1CC2CC[C-]1C2.C1CCCC1.C1CCCC1.CC.CC.[CH2-]CCOP(OCCC#N)N(C(C)C)C(C)C.[CH2-]C[NH-].[Fe].[Fe].[V+2].[V].[W+2]. The van der Waals surface area contributed by atoms with Gasteiger partial charge >= 0.3 is 39.6 Å². The van der Waals surface area contributed by atoms with Gasteiger partial charge in [0, 0.05) is 71.4 Å². The summed E-state index contributed by atoms with van der Waals surface area (Å²) < 4.78 is 13.6. The summed E-state index contributed by atoms with van der Waals surface area (Å²) >= 11 is 0. The first-order valence-corrected chi connectivity index (χ1v) is 21.6. The van der Waals surface area contributed by atoms with E-state index in [1.807, 2.05) is 39.5 Å². The average molecular weight is 1090 g/mol. The van der Waals surface area contributed by atoms with E-state index in [-0.39, 0.29) is 98.9 Å². The molecule has 2 radical (unpaired) electrons. The normalized spacial score (nSPS) is 18.0. The summed E-state index contributed by atoms with van der Waals surface area (Å²) in [6.45, 7) is 24.7. The Kier molecular flexibility index (Phi) is 69.8. The molecule has 316 valence electrons. The average Bonchev–Trinajstić information content (AvgIpc) is 3.97. The van der Waals surface area contributed by atoms with Crippen LogP contribution in [-0.4, -0.2) is 36.5 Å². The molecule has 6 fully saturated rings. The Morgan fingerprint density at radius 2 is 0.981 bits per heavy atom. The first-order chi connectivity index (χ1) is 23.4. The maximum Gasteiger partial charge on any atom is 2.00 e. The van der Waals surface area contributed by atoms with E-state index in [2.05, 4.69) is 52.3 Å². The van der Waals surface area contributed by atoms with Crippen molar-refractivity contribution in [1.82, 2.24) is 4.67 Å². The number of hydrogen-bond acceptors (Lipinski definition) is 4. The van der Waals surface area contributed by atoms with Gasteiger partial charge in [-0.2, -0.15) is 50.2 Å². The van der Waals surface area contributed by atoms with Gasteiger partial charge in [-0.25, -0.2) is 4.67 Å². The first-order valence-electron chi connectivity index (χ1n) is 20.5. The van der Waals surface area contributed by atoms with Gasteiger partial charge in [-0.3, -0.25) is 6.54 Å². The van der Waals surface area contributed by atoms with E-state index in [0.717, 1.165) is 18.3 Å². The van der Waals surface area contributed by atoms with Gasteiger partial charge in [-0.05, 0) is 27.7 Å². The van der Waals surface area contributed by atoms with Crippen molar-refractivity contribution in [3.63, 3.8) is 0 Å². The van der Waals surface area contributed by atoms with Gasteiger partial charge in [0.2, 0.25) is 0 Å². The Morgan fingerprint density at radius 1 is 0.698 bits per heavy atom. The van der Waals surface area contributed by atoms with Crippen LogP contribution in [0.2, 0.25) is 0 Å². The Morgan fingerprint density at radius 3 is 1.15 bits per heavy atom. The van der Waals surface area contributed by atoms with Crippen LogP contribution < -0.4 is 0 Å². The van der Waals surface area contributed by atoms with Crippen molar-refractivity contribution in [3.05, 3.63) is 31.4 Å². The molecule has 0 spiro atoms. The molecule has 0 heterocycles. The minimum Gasteiger partial charge on any atom is -0.704 e. The number of nitrogens with one attached hydrogen (secondary N) is 1. The molecule has 6 aliphatic rings. The van der Waals surface area contributed by atoms with Crippen LogP contribution in [0.3, 0.4) is 0 Å². The van der Waals surface area contributed by atoms with Crippen molar-refractivity contribution in [2.75, 3.05) is 19.8 Å². The van der Waals surface area contributed by atoms with E-state index >= 15 is 0 Å². The van der Waals surface area contributed by atoms with Gasteiger partial charge in [-0.15, -0.1) is 0 Å². The molecule has 1 N–H and O–H groups in total. The second kappa shape index (κ2) is 52.7. The van der Waals surface area contributed by atoms with Crippen LogP contribution in [0.4, 0.5) is 0 Å². The fourth-order valence-electron chi connectivity index (χ4n) is 7.03. The number of nitriles is 1. The Labute approximate surface area is 394 Å². The van der Waals surface area contributed by atoms with Crippen molar-refractivity contribution in [1.29, 1.82) is 5.26 Å². The summed E-state index contributed by atoms with van der Waals surface area (Å²) in [5.74, 6) is 6.00. The minimum atomic E-state index is -1.08. The topological polar surface area (TPSA) is 69.3 Å². The number of nitrogens with zero attached hydrogens (tertiary/aromatic N) is 2. The monoisotopic (exact) mass is 1090 g/mol. The summed E-state index contributed by atoms with van der Waals surface area (Å²) in [6, 6.07) is 2.78. The van der Waals surface area contributed by atoms with Crippen LogP contribution in [0.15, 0.2) is 0 Å². The molecule has 1 unspecified atom stereocenters. The summed E-state index contributed by atoms with van der Waals surface area (Å²) in [5.41, 5.74) is 6.10. The fraction of sp³-hybridized carbons (Fsp3) is 0.881. The molecule has 11 heteroatoms. The third-order valence-corrected chi connectivity index (χ3v) is 11.4. The molecule has 6 aliphatic carbocycles. The summed E-state index contributed by atoms with van der Waals surface area (Å²) in [4.78, 5) is 0. The van der Waals surface area contributed by atoms with E-state index in [4.69, 9.17) is 20.0 Å². The number of hydrogen-bond donors (Lipinski definition) is 0. The van der Waals surface area contributed by atoms with Gasteiger partial charge in [0.25, 0.3) is 8.53 Å². The van der Waals surface area contributed by atoms with Crippen molar-refractivity contribution in [2.24, 2.45) is 11.8 Å². The Hall–Kier alpha value is 2.66. The molecular formula is C42H83Fe2N3O2PV2W-. The second-order valence-corrected chi connectivity index (χ2v) is 15.3. The van der Waals surface area contributed by atoms with Crippen LogP contribution in [0.5, 0.6) is 0 Å². The molecule has 0 saturated heterocycles. The van der Waals surface area contributed by atoms with Gasteiger partial charge < -0.3 is 40.5 Å². The van der Waals surface area contributed by atoms with E-state index in [1.54, 1.807) is 0 Å². The summed E-state index contributed by atoms with van der Waals surface area (Å²) in [7, 11) is -1.08. The quantitative estimate of drug-likeness (QED) is 0.0998. The van der Waals surface area contributed by atoms with Crippen molar-refractivity contribution in [2.45, 2.75) is 209 Å². The van der Waals surface area contributed by atoms with E-state index in [9.17, 15) is 0 Å². The van der Waals surface area contributed by atoms with E-state index in [0.29, 0.717) is 31.7 Å². The van der Waals surface area contributed by atoms with Crippen LogP contribution >= 0.6 is 8.53 Å². The molecule has 0 aromatic rings. The predicted molar refractivity (Wildman–Crippen MR) is 214 cm³/mol. The number of fused-ring (bicyclic) bond motifs is 4. The standard InChI is InChI=1S/C12H24N2O2P.2C7H11.2C5H10.C2H5N.2C2H6.2Fe.2V.W/c1-6-9-15-17(16-10-7-8-13)14(11(2)3)12(4)5;2*1-2-7-4-3-6(1)5-7;2*1-2-4-5-3-1;1-2-3;2*1-2;;;;;/h11-12H,1,6-7,9-10H2,2-5H3;2*6H,1-5H2;2*1-5H2;3H,1-2H2;2*1-2H3;;;;;/q3*-1;;;-2;;;;;;2*+2. The van der Waals surface area contributed by atoms with Crippen LogP contribution in [0.25, 0.3) is 5.73 Å². The first kappa shape index (κ1) is 70.2. The zero-order chi connectivity index (χ0) is 36.4. The van der Waals surface area contributed by atoms with Crippen LogP contribution in [-0.2, 0) is 101 Å². The van der Waals surface area contributed by atoms with Gasteiger partial charge in [0.15, 0.2) is 0 Å². The third-order valence-electron chi connectivity index (χ3n) is 9.29. The van der Waals surface area contributed by atoms with Crippen LogP contribution in [0, 0.1) is 48.9 Å². The predicted octanol–water partition coefficient (Wildman–Crippen LogP) is 14.6. The molecular weight excluding hydrogens is 1010 g/mol. The maximum absolute atomic E-state index is 8.52. The molecule has 0 aromatic carbocycles. The van der Waals surface area contributed by atoms with Crippen molar-refractivity contribution < 1.29 is 101 Å². The molecule has 53 heavy (non-hydrogen) atoms. The summed E-state index contributed by atoms with van der Waals surface area (Å²) in [6.07, 6.45) is 31.1. The molecule has 4 bridgehead atoms. The fourth-order valence-corrected chi connectivity index (χ4v) is 8.66. The Bertz CT molecular complexity index is 619. The van der Waals surface area contributed by atoms with Gasteiger partial charge in [0.05, 0.1) is 19.1 Å². The van der Waals surface area contributed by atoms with E-state index in [1.165, 1.54) is 128 Å². The van der Waals surface area contributed by atoms with Gasteiger partial charge in [-0.1, -0.05) is 129 Å². The van der Waals surface area contributed by atoms with Crippen LogP contribution in [0.1, 0.15) is 197 Å². The largest absolute Gasteiger partial charge is 2.00 e. The molecule has 1 atom stereocenters. The maximum atomic E-state index is 8.52. The Balaban J connectivity index is -0.0000000993. The molecule has 6 rings (SSSR count). The molecule has 0 amide bonds. The molecule has 0 aromatic heterocycles. The van der Waals surface area contributed by atoms with Crippen molar-refractivity contribution >= 4 is 8.53 Å². The zero-order valence-corrected chi connectivity index (χ0v) is 44.4. The van der Waals surface area contributed by atoms with Crippen molar-refractivity contribution in [3.8, 4) is 6.07 Å². The zero-order valence-electron chi connectivity index (χ0n) is 35.6. The number of rotatable bonds is 9. The third kappa shape index (κ3) is 39.9. The molecule has 6 saturated carbocycles. The smallest absolute Gasteiger partial charge is 0.704 e. The molecule has 5 nitrogen and oxygen atoms in total. The van der Waals surface area contributed by atoms with Gasteiger partial charge in [0.1, 0.15) is 0 Å². The summed E-state index contributed by atoms with van der Waals surface area (Å²) in [5, 5.41) is 8.52. The minimum absolute atomic E-state index is 0. The van der Waals surface area contributed by atoms with E-state index < -0.39 is 8.53 Å².